The van der Waals surface area contributed by atoms with Crippen LogP contribution in [0.5, 0.6) is 5.75 Å². The molecule has 0 spiro atoms. The lowest BCUT2D eigenvalue weighted by molar-refractivity contribution is 0.0905. The number of rotatable bonds is 6. The molecule has 1 saturated heterocycles. The Bertz CT molecular complexity index is 1250. The van der Waals surface area contributed by atoms with E-state index in [9.17, 15) is 19.1 Å². The van der Waals surface area contributed by atoms with Crippen molar-refractivity contribution in [3.05, 3.63) is 68.9 Å². The third kappa shape index (κ3) is 4.74. The SMILES string of the molecule is Cn1c(=O)c(C(=O)NCO)c(O)c2ncc(Cc3ccc(F)cc3CN3CCCCC3)cc21. The number of aliphatic hydroxyl groups is 1. The quantitative estimate of drug-likeness (QED) is 0.492. The predicted octanol–water partition coefficient (Wildman–Crippen LogP) is 2.03. The summed E-state index contributed by atoms with van der Waals surface area (Å²) in [6.07, 6.45) is 5.58. The van der Waals surface area contributed by atoms with Gasteiger partial charge in [-0.15, -0.1) is 0 Å². The third-order valence-corrected chi connectivity index (χ3v) is 6.14. The van der Waals surface area contributed by atoms with Crippen LogP contribution in [0.2, 0.25) is 0 Å². The van der Waals surface area contributed by atoms with Gasteiger partial charge < -0.3 is 20.1 Å². The number of nitrogens with one attached hydrogen (secondary N) is 1. The zero-order valence-corrected chi connectivity index (χ0v) is 18.5. The zero-order chi connectivity index (χ0) is 23.5. The van der Waals surface area contributed by atoms with E-state index in [2.05, 4.69) is 15.2 Å². The molecule has 0 radical (unpaired) electrons. The number of hydrogen-bond acceptors (Lipinski definition) is 6. The van der Waals surface area contributed by atoms with E-state index in [0.717, 1.165) is 42.6 Å². The second kappa shape index (κ2) is 9.68. The third-order valence-electron chi connectivity index (χ3n) is 6.14. The van der Waals surface area contributed by atoms with E-state index in [0.29, 0.717) is 18.5 Å². The Morgan fingerprint density at radius 2 is 1.94 bits per heavy atom. The molecule has 174 valence electrons. The van der Waals surface area contributed by atoms with Gasteiger partial charge in [0.05, 0.1) is 5.52 Å². The van der Waals surface area contributed by atoms with E-state index in [-0.39, 0.29) is 11.3 Å². The highest BCUT2D eigenvalue weighted by atomic mass is 19.1. The Kier molecular flexibility index (Phi) is 6.71. The summed E-state index contributed by atoms with van der Waals surface area (Å²) in [5, 5.41) is 21.5. The molecule has 3 heterocycles. The summed E-state index contributed by atoms with van der Waals surface area (Å²) in [5.41, 5.74) is 1.99. The number of hydrogen-bond donors (Lipinski definition) is 3. The van der Waals surface area contributed by atoms with Gasteiger partial charge in [-0.1, -0.05) is 12.5 Å². The maximum atomic E-state index is 14.0. The smallest absolute Gasteiger partial charge is 0.267 e. The second-order valence-electron chi connectivity index (χ2n) is 8.39. The van der Waals surface area contributed by atoms with Gasteiger partial charge in [-0.25, -0.2) is 4.39 Å². The number of likely N-dealkylation sites (tertiary alicyclic amines) is 1. The first-order valence-electron chi connectivity index (χ1n) is 11.0. The van der Waals surface area contributed by atoms with Crippen molar-refractivity contribution in [2.75, 3.05) is 19.8 Å². The Morgan fingerprint density at radius 3 is 2.67 bits per heavy atom. The standard InChI is InChI=1S/C24H27FN4O4/c1-28-19-10-15(12-26-21(19)22(31)20(24(28)33)23(32)27-14-30)9-16-5-6-18(25)11-17(16)13-29-7-3-2-4-8-29/h5-6,10-12,30-31H,2-4,7-9,13-14H2,1H3,(H,27,32). The number of carbonyl (C=O) groups is 1. The van der Waals surface area contributed by atoms with Gasteiger partial charge in [-0.05, 0) is 67.2 Å². The fourth-order valence-electron chi connectivity index (χ4n) is 4.38. The second-order valence-corrected chi connectivity index (χ2v) is 8.39. The van der Waals surface area contributed by atoms with Crippen molar-refractivity contribution >= 4 is 16.9 Å². The average molecular weight is 455 g/mol. The minimum Gasteiger partial charge on any atom is -0.505 e. The fourth-order valence-corrected chi connectivity index (χ4v) is 4.38. The molecule has 3 aromatic rings. The van der Waals surface area contributed by atoms with Crippen LogP contribution < -0.4 is 10.9 Å². The van der Waals surface area contributed by atoms with Crippen LogP contribution in [-0.2, 0) is 20.0 Å². The molecule has 2 aromatic heterocycles. The molecule has 0 saturated carbocycles. The molecule has 33 heavy (non-hydrogen) atoms. The molecule has 4 rings (SSSR count). The van der Waals surface area contributed by atoms with Gasteiger partial charge >= 0.3 is 0 Å². The van der Waals surface area contributed by atoms with E-state index in [1.165, 1.54) is 24.1 Å². The van der Waals surface area contributed by atoms with E-state index in [1.54, 1.807) is 24.4 Å². The van der Waals surface area contributed by atoms with Gasteiger partial charge in [-0.2, -0.15) is 0 Å². The fraction of sp³-hybridized carbons (Fsp3) is 0.375. The average Bonchev–Trinajstić information content (AvgIpc) is 2.80. The molecular formula is C24H27FN4O4. The highest BCUT2D eigenvalue weighted by Crippen LogP contribution is 2.26. The van der Waals surface area contributed by atoms with Crippen molar-refractivity contribution in [1.29, 1.82) is 0 Å². The summed E-state index contributed by atoms with van der Waals surface area (Å²) in [4.78, 5) is 31.4. The molecule has 3 N–H and O–H groups in total. The summed E-state index contributed by atoms with van der Waals surface area (Å²) in [6.45, 7) is 2.02. The number of halogens is 1. The first-order valence-corrected chi connectivity index (χ1v) is 11.0. The number of aromatic hydroxyl groups is 1. The summed E-state index contributed by atoms with van der Waals surface area (Å²) in [7, 11) is 1.49. The van der Waals surface area contributed by atoms with E-state index in [4.69, 9.17) is 5.11 Å². The molecular weight excluding hydrogens is 427 g/mol. The minimum atomic E-state index is -0.878. The molecule has 0 unspecified atom stereocenters. The highest BCUT2D eigenvalue weighted by molar-refractivity contribution is 6.01. The van der Waals surface area contributed by atoms with Crippen LogP contribution in [0, 0.1) is 5.82 Å². The number of carbonyl (C=O) groups excluding carboxylic acids is 1. The van der Waals surface area contributed by atoms with Gasteiger partial charge in [0.2, 0.25) is 0 Å². The Hall–Kier alpha value is -3.30. The summed E-state index contributed by atoms with van der Waals surface area (Å²) in [5.74, 6) is -1.68. The van der Waals surface area contributed by atoms with Crippen molar-refractivity contribution in [1.82, 2.24) is 19.8 Å². The topological polar surface area (TPSA) is 108 Å². The Labute approximate surface area is 190 Å². The minimum absolute atomic E-state index is 0.108. The van der Waals surface area contributed by atoms with Crippen molar-refractivity contribution in [2.24, 2.45) is 7.05 Å². The van der Waals surface area contributed by atoms with Gasteiger partial charge in [0.1, 0.15) is 23.6 Å². The van der Waals surface area contributed by atoms with E-state index in [1.807, 2.05) is 0 Å². The van der Waals surface area contributed by atoms with Gasteiger partial charge in [0, 0.05) is 19.8 Å². The highest BCUT2D eigenvalue weighted by Gasteiger charge is 2.22. The number of piperidine rings is 1. The number of benzene rings is 1. The predicted molar refractivity (Wildman–Crippen MR) is 122 cm³/mol. The van der Waals surface area contributed by atoms with Crippen LogP contribution in [0.25, 0.3) is 11.0 Å². The lowest BCUT2D eigenvalue weighted by atomic mass is 9.99. The lowest BCUT2D eigenvalue weighted by Crippen LogP contribution is -2.33. The molecule has 1 aliphatic rings. The molecule has 8 nitrogen and oxygen atoms in total. The van der Waals surface area contributed by atoms with Crippen molar-refractivity contribution in [3.8, 4) is 5.75 Å². The molecule has 1 aromatic carbocycles. The van der Waals surface area contributed by atoms with Crippen LogP contribution >= 0.6 is 0 Å². The van der Waals surface area contributed by atoms with E-state index >= 15 is 0 Å². The Balaban J connectivity index is 1.69. The van der Waals surface area contributed by atoms with Gasteiger partial charge in [0.15, 0.2) is 5.75 Å². The maximum absolute atomic E-state index is 14.0. The number of fused-ring (bicyclic) bond motifs is 1. The van der Waals surface area contributed by atoms with Crippen LogP contribution in [0.4, 0.5) is 4.39 Å². The van der Waals surface area contributed by atoms with Gasteiger partial charge in [-0.3, -0.25) is 19.5 Å². The molecule has 1 fully saturated rings. The maximum Gasteiger partial charge on any atom is 0.267 e. The summed E-state index contributed by atoms with van der Waals surface area (Å²) < 4.78 is 15.3. The van der Waals surface area contributed by atoms with Gasteiger partial charge in [0.25, 0.3) is 11.5 Å². The molecule has 0 atom stereocenters. The summed E-state index contributed by atoms with van der Waals surface area (Å²) in [6, 6.07) is 6.53. The number of nitrogens with zero attached hydrogens (tertiary/aromatic N) is 3. The first-order chi connectivity index (χ1) is 15.9. The van der Waals surface area contributed by atoms with Crippen molar-refractivity contribution in [2.45, 2.75) is 32.2 Å². The van der Waals surface area contributed by atoms with E-state index < -0.39 is 29.5 Å². The monoisotopic (exact) mass is 454 g/mol. The number of amides is 1. The van der Waals surface area contributed by atoms with Crippen LogP contribution in [0.3, 0.4) is 0 Å². The largest absolute Gasteiger partial charge is 0.505 e. The van der Waals surface area contributed by atoms with Crippen LogP contribution in [0.1, 0.15) is 46.3 Å². The van der Waals surface area contributed by atoms with Crippen LogP contribution in [0.15, 0.2) is 35.3 Å². The first kappa shape index (κ1) is 22.9. The normalized spacial score (nSPS) is 14.5. The molecule has 1 aliphatic heterocycles. The zero-order valence-electron chi connectivity index (χ0n) is 18.5. The number of aromatic nitrogens is 2. The summed E-state index contributed by atoms with van der Waals surface area (Å²) >= 11 is 0. The van der Waals surface area contributed by atoms with Crippen LogP contribution in [-0.4, -0.2) is 50.4 Å². The molecule has 1 amide bonds. The number of aryl methyl sites for hydroxylation is 1. The number of pyridine rings is 2. The van der Waals surface area contributed by atoms with Crippen molar-refractivity contribution in [3.63, 3.8) is 0 Å². The Morgan fingerprint density at radius 1 is 1.18 bits per heavy atom. The lowest BCUT2D eigenvalue weighted by Gasteiger charge is -2.27. The van der Waals surface area contributed by atoms with Crippen molar-refractivity contribution < 1.29 is 19.4 Å². The number of aliphatic hydroxyl groups excluding tert-OH is 1. The molecule has 0 bridgehead atoms. The molecule has 0 aliphatic carbocycles. The molecule has 9 heteroatoms.